The number of amides is 1. The van der Waals surface area contributed by atoms with Gasteiger partial charge >= 0.3 is 7.12 Å². The second-order valence-electron chi connectivity index (χ2n) is 13.5. The van der Waals surface area contributed by atoms with Crippen LogP contribution in [0.4, 0.5) is 4.39 Å². The molecule has 6 atom stereocenters. The van der Waals surface area contributed by atoms with E-state index in [4.69, 9.17) is 19.8 Å². The Morgan fingerprint density at radius 1 is 1.30 bits per heavy atom. The lowest BCUT2D eigenvalue weighted by Gasteiger charge is -2.64. The van der Waals surface area contributed by atoms with Gasteiger partial charge in [0.2, 0.25) is 5.91 Å². The molecule has 4 N–H and O–H groups in total. The van der Waals surface area contributed by atoms with Crippen molar-refractivity contribution in [2.24, 2.45) is 39.8 Å². The van der Waals surface area contributed by atoms with Crippen LogP contribution in [0.2, 0.25) is 0 Å². The van der Waals surface area contributed by atoms with E-state index in [1.807, 2.05) is 0 Å². The van der Waals surface area contributed by atoms with Gasteiger partial charge in [0.05, 0.1) is 30.3 Å². The van der Waals surface area contributed by atoms with E-state index in [0.717, 1.165) is 18.9 Å². The number of carbonyl (C=O) groups excluding carboxylic acids is 2. The van der Waals surface area contributed by atoms with Crippen LogP contribution in [0.5, 0.6) is 5.75 Å². The van der Waals surface area contributed by atoms with Gasteiger partial charge in [0, 0.05) is 18.9 Å². The summed E-state index contributed by atoms with van der Waals surface area (Å²) >= 11 is 0. The fourth-order valence-electron chi connectivity index (χ4n) is 7.34. The Bertz CT molecular complexity index is 1280. The topological polar surface area (TPSA) is 167 Å². The molecule has 3 aliphatic carbocycles. The molecule has 2 bridgehead atoms. The van der Waals surface area contributed by atoms with Crippen molar-refractivity contribution in [1.29, 1.82) is 0 Å². The third-order valence-corrected chi connectivity index (χ3v) is 9.81. The van der Waals surface area contributed by atoms with E-state index in [9.17, 15) is 24.1 Å². The van der Waals surface area contributed by atoms with Crippen molar-refractivity contribution in [2.45, 2.75) is 90.8 Å². The molecule has 0 radical (unpaired) electrons. The van der Waals surface area contributed by atoms with Gasteiger partial charge in [0.25, 0.3) is 5.96 Å². The molecule has 0 spiro atoms. The van der Waals surface area contributed by atoms with Crippen LogP contribution in [-0.4, -0.2) is 61.1 Å². The SMILES string of the molecule is COc1ccc(F)cc1C(=O)C[C@@H](CCCN=C(N)N[N+](=O)[O-])C(=O)N[C@@H](CC(C)C)B1O[C@@H]2C[C@@H]3C[C@@H](C3(C)C)[C@]2(C)O1. The largest absolute Gasteiger partial charge is 0.496 e. The van der Waals surface area contributed by atoms with Crippen LogP contribution in [0, 0.1) is 45.0 Å². The quantitative estimate of drug-likeness (QED) is 0.0536. The average molecular weight is 618 g/mol. The van der Waals surface area contributed by atoms with E-state index in [1.54, 1.807) is 5.43 Å². The van der Waals surface area contributed by atoms with Crippen LogP contribution >= 0.6 is 0 Å². The summed E-state index contributed by atoms with van der Waals surface area (Å²) in [6.45, 7) is 10.9. The number of methoxy groups -OCH3 is 1. The van der Waals surface area contributed by atoms with Crippen LogP contribution < -0.4 is 21.2 Å². The monoisotopic (exact) mass is 617 g/mol. The molecule has 1 saturated heterocycles. The highest BCUT2D eigenvalue weighted by Crippen LogP contribution is 2.65. The minimum Gasteiger partial charge on any atom is -0.496 e. The first-order valence-corrected chi connectivity index (χ1v) is 15.4. The summed E-state index contributed by atoms with van der Waals surface area (Å²) in [7, 11) is 0.750. The van der Waals surface area contributed by atoms with Gasteiger partial charge in [-0.25, -0.2) is 19.5 Å². The number of ether oxygens (including phenoxy) is 1. The number of nitrogens with one attached hydrogen (secondary N) is 2. The van der Waals surface area contributed by atoms with Crippen molar-refractivity contribution in [3.8, 4) is 5.75 Å². The number of guanidine groups is 1. The summed E-state index contributed by atoms with van der Waals surface area (Å²) < 4.78 is 32.5. The molecule has 4 fully saturated rings. The summed E-state index contributed by atoms with van der Waals surface area (Å²) in [6.07, 6.45) is 2.90. The number of carbonyl (C=O) groups is 2. The average Bonchev–Trinajstić information content (AvgIpc) is 3.30. The molecule has 5 rings (SSSR count). The number of nitrogens with two attached hydrogens (primary N) is 1. The number of nitro groups is 1. The molecule has 1 aromatic rings. The smallest absolute Gasteiger partial charge is 0.481 e. The molecule has 0 aromatic heterocycles. The number of hydrogen-bond donors (Lipinski definition) is 3. The van der Waals surface area contributed by atoms with Gasteiger partial charge in [-0.15, -0.1) is 0 Å². The van der Waals surface area contributed by atoms with Crippen LogP contribution in [0.1, 0.15) is 83.5 Å². The first-order valence-electron chi connectivity index (χ1n) is 15.4. The van der Waals surface area contributed by atoms with Gasteiger partial charge in [-0.1, -0.05) is 33.1 Å². The second kappa shape index (κ2) is 13.4. The molecule has 3 saturated carbocycles. The number of rotatable bonds is 14. The third-order valence-electron chi connectivity index (χ3n) is 9.81. The maximum Gasteiger partial charge on any atom is 0.481 e. The van der Waals surface area contributed by atoms with E-state index < -0.39 is 41.2 Å². The fraction of sp³-hybridized carbons (Fsp3) is 0.700. The van der Waals surface area contributed by atoms with Gasteiger partial charge in [-0.2, -0.15) is 0 Å². The van der Waals surface area contributed by atoms with Gasteiger partial charge in [-0.3, -0.25) is 9.59 Å². The van der Waals surface area contributed by atoms with Gasteiger partial charge < -0.3 is 25.1 Å². The molecule has 1 aromatic carbocycles. The van der Waals surface area contributed by atoms with Crippen molar-refractivity contribution in [3.63, 3.8) is 0 Å². The Labute approximate surface area is 258 Å². The number of benzene rings is 1. The number of ketones is 1. The van der Waals surface area contributed by atoms with Crippen LogP contribution in [0.25, 0.3) is 0 Å². The minimum atomic E-state index is -0.816. The molecule has 4 aliphatic rings. The summed E-state index contributed by atoms with van der Waals surface area (Å²) in [5.41, 5.74) is 7.06. The van der Waals surface area contributed by atoms with Crippen LogP contribution in [0.15, 0.2) is 23.2 Å². The molecule has 44 heavy (non-hydrogen) atoms. The lowest BCUT2D eigenvalue weighted by molar-refractivity contribution is -0.525. The molecule has 1 aliphatic heterocycles. The Hall–Kier alpha value is -3.26. The third kappa shape index (κ3) is 7.17. The molecule has 0 unspecified atom stereocenters. The zero-order valence-electron chi connectivity index (χ0n) is 26.4. The highest BCUT2D eigenvalue weighted by Gasteiger charge is 2.68. The number of halogens is 1. The van der Waals surface area contributed by atoms with Crippen molar-refractivity contribution in [1.82, 2.24) is 10.7 Å². The summed E-state index contributed by atoms with van der Waals surface area (Å²) in [5, 5.41) is 12.9. The Morgan fingerprint density at radius 2 is 2.02 bits per heavy atom. The maximum absolute atomic E-state index is 14.1. The number of aliphatic imine (C=N–C) groups is 1. The summed E-state index contributed by atoms with van der Waals surface area (Å²) in [5.74, 6) is -1.66. The Morgan fingerprint density at radius 3 is 2.66 bits per heavy atom. The van der Waals surface area contributed by atoms with Crippen molar-refractivity contribution < 1.29 is 33.1 Å². The first kappa shape index (κ1) is 33.6. The minimum absolute atomic E-state index is 0.0440. The Kier molecular flexibility index (Phi) is 10.2. The number of hydrazine groups is 1. The molecular formula is C30H45BFN5O7. The van der Waals surface area contributed by atoms with Crippen molar-refractivity contribution in [2.75, 3.05) is 13.7 Å². The number of hydrogen-bond acceptors (Lipinski definition) is 8. The normalized spacial score (nSPS) is 26.8. The zero-order valence-corrected chi connectivity index (χ0v) is 26.4. The van der Waals surface area contributed by atoms with Crippen molar-refractivity contribution >= 4 is 24.8 Å². The van der Waals surface area contributed by atoms with Crippen LogP contribution in [-0.2, 0) is 14.1 Å². The van der Waals surface area contributed by atoms with Gasteiger partial charge in [-0.05, 0) is 80.4 Å². The number of nitrogens with zero attached hydrogens (tertiary/aromatic N) is 2. The molecule has 1 amide bonds. The first-order chi connectivity index (χ1) is 20.6. The number of Topliss-reactive ketones (excluding diaryl/α,β-unsaturated/α-hetero) is 1. The lowest BCUT2D eigenvalue weighted by Crippen LogP contribution is -2.65. The molecular weight excluding hydrogens is 572 g/mol. The van der Waals surface area contributed by atoms with E-state index in [2.05, 4.69) is 44.9 Å². The van der Waals surface area contributed by atoms with Crippen molar-refractivity contribution in [3.05, 3.63) is 39.7 Å². The van der Waals surface area contributed by atoms with Crippen LogP contribution in [0.3, 0.4) is 0 Å². The lowest BCUT2D eigenvalue weighted by atomic mass is 9.43. The Balaban J connectivity index is 1.51. The fourth-order valence-corrected chi connectivity index (χ4v) is 7.34. The predicted octanol–water partition coefficient (Wildman–Crippen LogP) is 3.70. The van der Waals surface area contributed by atoms with E-state index in [0.29, 0.717) is 24.7 Å². The summed E-state index contributed by atoms with van der Waals surface area (Å²) in [6, 6.07) is 3.67. The van der Waals surface area contributed by atoms with E-state index >= 15 is 0 Å². The molecule has 12 nitrogen and oxygen atoms in total. The van der Waals surface area contributed by atoms with E-state index in [-0.39, 0.29) is 60.0 Å². The second-order valence-corrected chi connectivity index (χ2v) is 13.5. The molecule has 14 heteroatoms. The van der Waals surface area contributed by atoms with Gasteiger partial charge in [0.1, 0.15) is 11.6 Å². The summed E-state index contributed by atoms with van der Waals surface area (Å²) in [4.78, 5) is 41.8. The predicted molar refractivity (Wildman–Crippen MR) is 163 cm³/mol. The van der Waals surface area contributed by atoms with E-state index in [1.165, 1.54) is 19.2 Å². The maximum atomic E-state index is 14.1. The zero-order chi connectivity index (χ0) is 32.4. The highest BCUT2D eigenvalue weighted by atomic mass is 19.1. The molecule has 1 heterocycles. The standard InChI is InChI=1S/C30H45BFN5O7/c1-17(2)12-26(31-43-25-15-19-14-24(29(19,3)4)30(25,5)44-31)35-27(39)18(8-7-11-34-28(33)36-37(40)41)13-22(38)21-16-20(32)9-10-23(21)42-6/h9-10,16-19,24-26H,7-8,11-15H2,1-6H3,(H,35,39)(H3,33,34,36)/t18-,19+,24+,25-,26+,30+/m1/s1. The molecule has 242 valence electrons. The van der Waals surface area contributed by atoms with Gasteiger partial charge in [0.15, 0.2) is 10.8 Å². The highest BCUT2D eigenvalue weighted by molar-refractivity contribution is 6.47.